The summed E-state index contributed by atoms with van der Waals surface area (Å²) in [6, 6.07) is 7.75. The quantitative estimate of drug-likeness (QED) is 0.920. The van der Waals surface area contributed by atoms with Crippen LogP contribution in [-0.2, 0) is 11.3 Å². The van der Waals surface area contributed by atoms with Gasteiger partial charge in [0.15, 0.2) is 0 Å². The third-order valence-corrected chi connectivity index (χ3v) is 4.46. The summed E-state index contributed by atoms with van der Waals surface area (Å²) in [6.07, 6.45) is 1.67. The van der Waals surface area contributed by atoms with Gasteiger partial charge in [0.05, 0.1) is 5.41 Å². The molecule has 0 aromatic heterocycles. The summed E-state index contributed by atoms with van der Waals surface area (Å²) in [6.45, 7) is 3.98. The SMILES string of the molecule is CNC(=O)[C@@]1(C)CCCN(C(=O)c2ccc(CN(C)C)cc2)C1. The predicted molar refractivity (Wildman–Crippen MR) is 91.1 cm³/mol. The van der Waals surface area contributed by atoms with E-state index in [2.05, 4.69) is 10.2 Å². The molecule has 126 valence electrons. The summed E-state index contributed by atoms with van der Waals surface area (Å²) in [5.41, 5.74) is 1.38. The number of benzene rings is 1. The average molecular weight is 317 g/mol. The van der Waals surface area contributed by atoms with E-state index in [1.807, 2.05) is 45.3 Å². The number of amides is 2. The normalized spacial score (nSPS) is 21.3. The van der Waals surface area contributed by atoms with Crippen molar-refractivity contribution in [1.29, 1.82) is 0 Å². The fourth-order valence-electron chi connectivity index (χ4n) is 3.20. The van der Waals surface area contributed by atoms with E-state index >= 15 is 0 Å². The van der Waals surface area contributed by atoms with Crippen molar-refractivity contribution < 1.29 is 9.59 Å². The highest BCUT2D eigenvalue weighted by molar-refractivity contribution is 5.95. The van der Waals surface area contributed by atoms with Crippen molar-refractivity contribution in [3.8, 4) is 0 Å². The van der Waals surface area contributed by atoms with Crippen LogP contribution >= 0.6 is 0 Å². The highest BCUT2D eigenvalue weighted by Gasteiger charge is 2.38. The van der Waals surface area contributed by atoms with Gasteiger partial charge in [-0.05, 0) is 51.6 Å². The standard InChI is InChI=1S/C18H27N3O2/c1-18(17(23)19-2)10-5-11-21(13-18)16(22)15-8-6-14(7-9-15)12-20(3)4/h6-9H,5,10-13H2,1-4H3,(H,19,23)/t18-/m0/s1. The summed E-state index contributed by atoms with van der Waals surface area (Å²) in [5, 5.41) is 2.72. The Morgan fingerprint density at radius 3 is 2.48 bits per heavy atom. The molecule has 1 saturated heterocycles. The molecule has 0 bridgehead atoms. The van der Waals surface area contributed by atoms with Gasteiger partial charge in [-0.25, -0.2) is 0 Å². The number of hydrogen-bond acceptors (Lipinski definition) is 3. The van der Waals surface area contributed by atoms with E-state index in [0.717, 1.165) is 19.4 Å². The van der Waals surface area contributed by atoms with Gasteiger partial charge < -0.3 is 15.1 Å². The Morgan fingerprint density at radius 1 is 1.26 bits per heavy atom. The lowest BCUT2D eigenvalue weighted by molar-refractivity contribution is -0.132. The minimum Gasteiger partial charge on any atom is -0.359 e. The number of carbonyl (C=O) groups excluding carboxylic acids is 2. The average Bonchev–Trinajstić information content (AvgIpc) is 2.53. The highest BCUT2D eigenvalue weighted by atomic mass is 16.2. The molecule has 1 N–H and O–H groups in total. The van der Waals surface area contributed by atoms with Crippen LogP contribution in [-0.4, -0.2) is 55.8 Å². The lowest BCUT2D eigenvalue weighted by Gasteiger charge is -2.39. The van der Waals surface area contributed by atoms with Gasteiger partial charge in [0.25, 0.3) is 5.91 Å². The molecule has 2 rings (SSSR count). The first-order valence-electron chi connectivity index (χ1n) is 8.11. The zero-order valence-electron chi connectivity index (χ0n) is 14.6. The van der Waals surface area contributed by atoms with Crippen LogP contribution < -0.4 is 5.32 Å². The van der Waals surface area contributed by atoms with Gasteiger partial charge in [-0.1, -0.05) is 12.1 Å². The van der Waals surface area contributed by atoms with E-state index in [-0.39, 0.29) is 11.8 Å². The Morgan fingerprint density at radius 2 is 1.91 bits per heavy atom. The first kappa shape index (κ1) is 17.5. The summed E-state index contributed by atoms with van der Waals surface area (Å²) >= 11 is 0. The molecule has 1 aromatic rings. The van der Waals surface area contributed by atoms with E-state index < -0.39 is 5.41 Å². The first-order valence-corrected chi connectivity index (χ1v) is 8.11. The lowest BCUT2D eigenvalue weighted by atomic mass is 9.81. The maximum atomic E-state index is 12.7. The van der Waals surface area contributed by atoms with Crippen molar-refractivity contribution in [2.24, 2.45) is 5.41 Å². The van der Waals surface area contributed by atoms with Gasteiger partial charge >= 0.3 is 0 Å². The van der Waals surface area contributed by atoms with Crippen LogP contribution in [0.5, 0.6) is 0 Å². The number of nitrogens with zero attached hydrogens (tertiary/aromatic N) is 2. The summed E-state index contributed by atoms with van der Waals surface area (Å²) < 4.78 is 0. The topological polar surface area (TPSA) is 52.7 Å². The van der Waals surface area contributed by atoms with E-state index in [4.69, 9.17) is 0 Å². The molecule has 5 heteroatoms. The minimum absolute atomic E-state index is 0.0104. The molecule has 0 saturated carbocycles. The Balaban J connectivity index is 2.09. The number of likely N-dealkylation sites (tertiary alicyclic amines) is 1. The molecule has 1 atom stereocenters. The largest absolute Gasteiger partial charge is 0.359 e. The fraction of sp³-hybridized carbons (Fsp3) is 0.556. The molecule has 0 aliphatic carbocycles. The van der Waals surface area contributed by atoms with Crippen LogP contribution in [0, 0.1) is 5.41 Å². The third kappa shape index (κ3) is 4.10. The molecule has 1 aliphatic heterocycles. The smallest absolute Gasteiger partial charge is 0.253 e. The number of carbonyl (C=O) groups is 2. The van der Waals surface area contributed by atoms with Crippen LogP contribution in [0.15, 0.2) is 24.3 Å². The molecular formula is C18H27N3O2. The molecule has 5 nitrogen and oxygen atoms in total. The molecule has 1 aliphatic rings. The Kier molecular flexibility index (Phi) is 5.42. The maximum absolute atomic E-state index is 12.7. The zero-order valence-corrected chi connectivity index (χ0v) is 14.6. The van der Waals surface area contributed by atoms with E-state index in [1.165, 1.54) is 5.56 Å². The molecular weight excluding hydrogens is 290 g/mol. The number of hydrogen-bond donors (Lipinski definition) is 1. The van der Waals surface area contributed by atoms with Crippen LogP contribution in [0.1, 0.15) is 35.7 Å². The molecule has 0 radical (unpaired) electrons. The van der Waals surface area contributed by atoms with Crippen LogP contribution in [0.3, 0.4) is 0 Å². The van der Waals surface area contributed by atoms with Crippen molar-refractivity contribution in [3.05, 3.63) is 35.4 Å². The van der Waals surface area contributed by atoms with Crippen molar-refractivity contribution in [2.75, 3.05) is 34.2 Å². The van der Waals surface area contributed by atoms with Crippen LogP contribution in [0.25, 0.3) is 0 Å². The second kappa shape index (κ2) is 7.13. The molecule has 0 spiro atoms. The van der Waals surface area contributed by atoms with Crippen LogP contribution in [0.2, 0.25) is 0 Å². The number of nitrogens with one attached hydrogen (secondary N) is 1. The molecule has 1 aromatic carbocycles. The number of rotatable bonds is 4. The Hall–Kier alpha value is -1.88. The molecule has 0 unspecified atom stereocenters. The van der Waals surface area contributed by atoms with Crippen molar-refractivity contribution in [1.82, 2.24) is 15.1 Å². The Labute approximate surface area is 138 Å². The van der Waals surface area contributed by atoms with Gasteiger partial charge in [0, 0.05) is 32.2 Å². The van der Waals surface area contributed by atoms with E-state index in [9.17, 15) is 9.59 Å². The lowest BCUT2D eigenvalue weighted by Crippen LogP contribution is -2.51. The summed E-state index contributed by atoms with van der Waals surface area (Å²) in [7, 11) is 5.69. The minimum atomic E-state index is -0.493. The van der Waals surface area contributed by atoms with Gasteiger partial charge in [-0.2, -0.15) is 0 Å². The van der Waals surface area contributed by atoms with Crippen LogP contribution in [0.4, 0.5) is 0 Å². The van der Waals surface area contributed by atoms with Gasteiger partial charge in [0.2, 0.25) is 5.91 Å². The second-order valence-corrected chi connectivity index (χ2v) is 6.90. The maximum Gasteiger partial charge on any atom is 0.253 e. The Bertz CT molecular complexity index is 568. The van der Waals surface area contributed by atoms with E-state index in [0.29, 0.717) is 18.7 Å². The monoisotopic (exact) mass is 317 g/mol. The number of piperidine rings is 1. The van der Waals surface area contributed by atoms with Crippen molar-refractivity contribution >= 4 is 11.8 Å². The molecule has 2 amide bonds. The zero-order chi connectivity index (χ0) is 17.0. The van der Waals surface area contributed by atoms with Crippen molar-refractivity contribution in [3.63, 3.8) is 0 Å². The van der Waals surface area contributed by atoms with Gasteiger partial charge in [-0.15, -0.1) is 0 Å². The first-order chi connectivity index (χ1) is 10.9. The predicted octanol–water partition coefficient (Wildman–Crippen LogP) is 1.74. The molecule has 23 heavy (non-hydrogen) atoms. The fourth-order valence-corrected chi connectivity index (χ4v) is 3.20. The molecule has 1 fully saturated rings. The summed E-state index contributed by atoms with van der Waals surface area (Å²) in [4.78, 5) is 28.7. The summed E-state index contributed by atoms with van der Waals surface area (Å²) in [5.74, 6) is 0.0209. The van der Waals surface area contributed by atoms with Gasteiger partial charge in [0.1, 0.15) is 0 Å². The third-order valence-electron chi connectivity index (χ3n) is 4.46. The van der Waals surface area contributed by atoms with E-state index in [1.54, 1.807) is 11.9 Å². The second-order valence-electron chi connectivity index (χ2n) is 6.90. The highest BCUT2D eigenvalue weighted by Crippen LogP contribution is 2.30. The van der Waals surface area contributed by atoms with Crippen molar-refractivity contribution in [2.45, 2.75) is 26.3 Å². The van der Waals surface area contributed by atoms with Gasteiger partial charge in [-0.3, -0.25) is 9.59 Å². The molecule has 1 heterocycles.